The minimum Gasteiger partial charge on any atom is -0.314 e. The molecule has 0 aliphatic carbocycles. The lowest BCUT2D eigenvalue weighted by molar-refractivity contribution is 0.0922. The standard InChI is InChI=1S/C12H18N2OS/c1-10(14-6-4-13-5-7-14)9-11(15)12-3-2-8-16-12/h2-3,8,10,13H,4-7,9H2,1H3. The number of carbonyl (C=O) groups excluding carboxylic acids is 1. The quantitative estimate of drug-likeness (QED) is 0.809. The minimum atomic E-state index is 0.279. The van der Waals surface area contributed by atoms with E-state index in [0.29, 0.717) is 12.5 Å². The maximum atomic E-state index is 11.9. The summed E-state index contributed by atoms with van der Waals surface area (Å²) in [5, 5.41) is 5.29. The molecule has 0 saturated carbocycles. The monoisotopic (exact) mass is 238 g/mol. The Bertz CT molecular complexity index is 331. The van der Waals surface area contributed by atoms with E-state index < -0.39 is 0 Å². The molecule has 2 heterocycles. The highest BCUT2D eigenvalue weighted by atomic mass is 32.1. The summed E-state index contributed by atoms with van der Waals surface area (Å²) in [6.07, 6.45) is 0.639. The van der Waals surface area contributed by atoms with Crippen LogP contribution in [0.2, 0.25) is 0 Å². The van der Waals surface area contributed by atoms with Crippen molar-refractivity contribution in [3.8, 4) is 0 Å². The molecule has 1 saturated heterocycles. The van der Waals surface area contributed by atoms with Gasteiger partial charge in [-0.05, 0) is 18.4 Å². The third-order valence-electron chi connectivity index (χ3n) is 3.05. The van der Waals surface area contributed by atoms with Crippen LogP contribution in [0.4, 0.5) is 0 Å². The van der Waals surface area contributed by atoms with E-state index in [2.05, 4.69) is 17.1 Å². The second-order valence-electron chi connectivity index (χ2n) is 4.24. The Morgan fingerprint density at radius 2 is 2.31 bits per heavy atom. The average molecular weight is 238 g/mol. The zero-order valence-electron chi connectivity index (χ0n) is 9.61. The molecule has 1 unspecified atom stereocenters. The van der Waals surface area contributed by atoms with E-state index in [1.807, 2.05) is 17.5 Å². The molecule has 1 N–H and O–H groups in total. The van der Waals surface area contributed by atoms with Crippen molar-refractivity contribution >= 4 is 17.1 Å². The molecule has 4 heteroatoms. The van der Waals surface area contributed by atoms with Gasteiger partial charge in [-0.25, -0.2) is 0 Å². The first-order chi connectivity index (χ1) is 7.77. The molecule has 1 fully saturated rings. The Hall–Kier alpha value is -0.710. The van der Waals surface area contributed by atoms with Crippen LogP contribution < -0.4 is 5.32 Å². The first-order valence-electron chi connectivity index (χ1n) is 5.79. The Balaban J connectivity index is 1.86. The average Bonchev–Trinajstić information content (AvgIpc) is 2.83. The molecule has 16 heavy (non-hydrogen) atoms. The number of nitrogens with zero attached hydrogens (tertiary/aromatic N) is 1. The summed E-state index contributed by atoms with van der Waals surface area (Å²) in [4.78, 5) is 15.2. The highest BCUT2D eigenvalue weighted by Gasteiger charge is 2.19. The van der Waals surface area contributed by atoms with Crippen LogP contribution in [0.15, 0.2) is 17.5 Å². The molecule has 0 bridgehead atoms. The molecule has 1 aromatic heterocycles. The van der Waals surface area contributed by atoms with E-state index in [1.54, 1.807) is 0 Å². The summed E-state index contributed by atoms with van der Waals surface area (Å²) in [5.41, 5.74) is 0. The SMILES string of the molecule is CC(CC(=O)c1cccs1)N1CCNCC1. The normalized spacial score (nSPS) is 19.6. The topological polar surface area (TPSA) is 32.3 Å². The van der Waals surface area contributed by atoms with Crippen LogP contribution in [0, 0.1) is 0 Å². The van der Waals surface area contributed by atoms with Crippen molar-refractivity contribution in [3.63, 3.8) is 0 Å². The van der Waals surface area contributed by atoms with Gasteiger partial charge in [-0.15, -0.1) is 11.3 Å². The molecular formula is C12H18N2OS. The highest BCUT2D eigenvalue weighted by molar-refractivity contribution is 7.12. The van der Waals surface area contributed by atoms with Gasteiger partial charge < -0.3 is 5.32 Å². The summed E-state index contributed by atoms with van der Waals surface area (Å²) in [6.45, 7) is 6.34. The first kappa shape index (κ1) is 11.8. The smallest absolute Gasteiger partial charge is 0.174 e. The van der Waals surface area contributed by atoms with E-state index in [1.165, 1.54) is 11.3 Å². The second-order valence-corrected chi connectivity index (χ2v) is 5.19. The predicted molar refractivity (Wildman–Crippen MR) is 67.2 cm³/mol. The van der Waals surface area contributed by atoms with Gasteiger partial charge in [0.15, 0.2) is 5.78 Å². The summed E-state index contributed by atoms with van der Waals surface area (Å²) in [5.74, 6) is 0.279. The number of carbonyl (C=O) groups is 1. The Morgan fingerprint density at radius 1 is 1.56 bits per heavy atom. The van der Waals surface area contributed by atoms with Crippen molar-refractivity contribution in [1.82, 2.24) is 10.2 Å². The van der Waals surface area contributed by atoms with E-state index in [0.717, 1.165) is 31.1 Å². The van der Waals surface area contributed by atoms with Gasteiger partial charge in [0.25, 0.3) is 0 Å². The third-order valence-corrected chi connectivity index (χ3v) is 3.96. The largest absolute Gasteiger partial charge is 0.314 e. The van der Waals surface area contributed by atoms with Crippen LogP contribution in [0.25, 0.3) is 0 Å². The van der Waals surface area contributed by atoms with Crippen LogP contribution >= 0.6 is 11.3 Å². The van der Waals surface area contributed by atoms with E-state index >= 15 is 0 Å². The van der Waals surface area contributed by atoms with Gasteiger partial charge in [0.1, 0.15) is 0 Å². The molecule has 3 nitrogen and oxygen atoms in total. The van der Waals surface area contributed by atoms with Crippen molar-refractivity contribution in [2.24, 2.45) is 0 Å². The molecule has 88 valence electrons. The number of piperazine rings is 1. The minimum absolute atomic E-state index is 0.279. The summed E-state index contributed by atoms with van der Waals surface area (Å²) in [7, 11) is 0. The van der Waals surface area contributed by atoms with Crippen LogP contribution in [0.3, 0.4) is 0 Å². The van der Waals surface area contributed by atoms with Gasteiger partial charge in [0.2, 0.25) is 0 Å². The van der Waals surface area contributed by atoms with E-state index in [4.69, 9.17) is 0 Å². The maximum Gasteiger partial charge on any atom is 0.174 e. The van der Waals surface area contributed by atoms with Gasteiger partial charge >= 0.3 is 0 Å². The number of hydrogen-bond acceptors (Lipinski definition) is 4. The summed E-state index contributed by atoms with van der Waals surface area (Å²) < 4.78 is 0. The number of hydrogen-bond donors (Lipinski definition) is 1. The maximum absolute atomic E-state index is 11.9. The van der Waals surface area contributed by atoms with Crippen LogP contribution in [0.5, 0.6) is 0 Å². The second kappa shape index (κ2) is 5.57. The van der Waals surface area contributed by atoms with Gasteiger partial charge in [0, 0.05) is 38.6 Å². The number of thiophene rings is 1. The lowest BCUT2D eigenvalue weighted by Gasteiger charge is -2.32. The Kier molecular flexibility index (Phi) is 4.09. The van der Waals surface area contributed by atoms with Gasteiger partial charge in [0.05, 0.1) is 4.88 Å². The van der Waals surface area contributed by atoms with Crippen molar-refractivity contribution in [2.45, 2.75) is 19.4 Å². The van der Waals surface area contributed by atoms with Gasteiger partial charge in [-0.3, -0.25) is 9.69 Å². The molecular weight excluding hydrogens is 220 g/mol. The van der Waals surface area contributed by atoms with Crippen molar-refractivity contribution in [1.29, 1.82) is 0 Å². The zero-order valence-corrected chi connectivity index (χ0v) is 10.4. The zero-order chi connectivity index (χ0) is 11.4. The van der Waals surface area contributed by atoms with Crippen LogP contribution in [-0.2, 0) is 0 Å². The number of ketones is 1. The first-order valence-corrected chi connectivity index (χ1v) is 6.67. The lowest BCUT2D eigenvalue weighted by Crippen LogP contribution is -2.47. The molecule has 0 spiro atoms. The fraction of sp³-hybridized carbons (Fsp3) is 0.583. The van der Waals surface area contributed by atoms with Crippen molar-refractivity contribution in [2.75, 3.05) is 26.2 Å². The van der Waals surface area contributed by atoms with Crippen LogP contribution in [-0.4, -0.2) is 42.9 Å². The molecule has 1 aromatic rings. The van der Waals surface area contributed by atoms with E-state index in [9.17, 15) is 4.79 Å². The third kappa shape index (κ3) is 2.90. The Labute approximate surface area is 100 Å². The Morgan fingerprint density at radius 3 is 2.94 bits per heavy atom. The summed E-state index contributed by atoms with van der Waals surface area (Å²) in [6, 6.07) is 4.21. The number of rotatable bonds is 4. The molecule has 1 aliphatic heterocycles. The predicted octanol–water partition coefficient (Wildman–Crippen LogP) is 1.61. The lowest BCUT2D eigenvalue weighted by atomic mass is 10.1. The number of nitrogens with one attached hydrogen (secondary N) is 1. The van der Waals surface area contributed by atoms with Gasteiger partial charge in [-0.1, -0.05) is 6.07 Å². The van der Waals surface area contributed by atoms with Crippen molar-refractivity contribution < 1.29 is 4.79 Å². The molecule has 1 atom stereocenters. The fourth-order valence-electron chi connectivity index (χ4n) is 2.06. The molecule has 1 aliphatic rings. The highest BCUT2D eigenvalue weighted by Crippen LogP contribution is 2.14. The van der Waals surface area contributed by atoms with Gasteiger partial charge in [-0.2, -0.15) is 0 Å². The molecule has 2 rings (SSSR count). The van der Waals surface area contributed by atoms with Crippen LogP contribution in [0.1, 0.15) is 23.0 Å². The summed E-state index contributed by atoms with van der Waals surface area (Å²) >= 11 is 1.54. The molecule has 0 aromatic carbocycles. The fourth-order valence-corrected chi connectivity index (χ4v) is 2.73. The molecule has 0 radical (unpaired) electrons. The number of Topliss-reactive ketones (excluding diaryl/α,β-unsaturated/α-hetero) is 1. The van der Waals surface area contributed by atoms with Crippen molar-refractivity contribution in [3.05, 3.63) is 22.4 Å². The molecule has 0 amide bonds. The van der Waals surface area contributed by atoms with E-state index in [-0.39, 0.29) is 5.78 Å².